The van der Waals surface area contributed by atoms with Crippen molar-refractivity contribution in [3.05, 3.63) is 22.4 Å². The summed E-state index contributed by atoms with van der Waals surface area (Å²) in [6.07, 6.45) is 1.45. The molecule has 0 saturated carbocycles. The Balaban J connectivity index is 1.59. The summed E-state index contributed by atoms with van der Waals surface area (Å²) in [6, 6.07) is 1.19. The van der Waals surface area contributed by atoms with Gasteiger partial charge in [-0.25, -0.2) is 4.79 Å². The number of fused-ring (bicyclic) bond motifs is 1. The van der Waals surface area contributed by atoms with E-state index < -0.39 is 23.6 Å². The van der Waals surface area contributed by atoms with Gasteiger partial charge in [-0.05, 0) is 28.9 Å². The Morgan fingerprint density at radius 2 is 2.38 bits per heavy atom. The van der Waals surface area contributed by atoms with E-state index in [0.29, 0.717) is 5.69 Å². The Kier molecular flexibility index (Phi) is 3.23. The van der Waals surface area contributed by atoms with Gasteiger partial charge >= 0.3 is 6.03 Å². The Bertz CT molecular complexity index is 584. The standard InChI is InChI=1S/C12H15BrN4O4/c1-11-12(20,17-10(19)16-11)3-7(21-11)5-15-9(18)8-2-6(13)4-14-8/h2,4,7,14,20H,3,5H2,1H3,(H,15,18)(H2,16,17,19)/t7-,11-,12-/m1/s1. The van der Waals surface area contributed by atoms with Crippen molar-refractivity contribution >= 4 is 27.9 Å². The average Bonchev–Trinajstić information content (AvgIpc) is 2.95. The fraction of sp³-hybridized carbons (Fsp3) is 0.500. The monoisotopic (exact) mass is 358 g/mol. The third-order valence-electron chi connectivity index (χ3n) is 3.77. The van der Waals surface area contributed by atoms with Gasteiger partial charge in [0.05, 0.1) is 6.10 Å². The molecule has 2 aliphatic heterocycles. The minimum absolute atomic E-state index is 0.191. The van der Waals surface area contributed by atoms with Crippen molar-refractivity contribution in [3.8, 4) is 0 Å². The van der Waals surface area contributed by atoms with E-state index in [9.17, 15) is 14.7 Å². The molecule has 0 bridgehead atoms. The number of H-pyrrole nitrogens is 1. The third-order valence-corrected chi connectivity index (χ3v) is 4.23. The number of amides is 3. The van der Waals surface area contributed by atoms with Gasteiger partial charge in [0.2, 0.25) is 0 Å². The predicted octanol–water partition coefficient (Wildman–Crippen LogP) is 0.0135. The fourth-order valence-electron chi connectivity index (χ4n) is 2.65. The normalized spacial score (nSPS) is 34.2. The highest BCUT2D eigenvalue weighted by Crippen LogP contribution is 2.38. The van der Waals surface area contributed by atoms with Crippen LogP contribution in [0.15, 0.2) is 16.7 Å². The second kappa shape index (κ2) is 4.72. The van der Waals surface area contributed by atoms with Crippen molar-refractivity contribution in [2.24, 2.45) is 0 Å². The van der Waals surface area contributed by atoms with Gasteiger partial charge in [-0.15, -0.1) is 0 Å². The highest BCUT2D eigenvalue weighted by molar-refractivity contribution is 9.10. The van der Waals surface area contributed by atoms with Gasteiger partial charge in [0, 0.05) is 23.6 Å². The number of urea groups is 1. The summed E-state index contributed by atoms with van der Waals surface area (Å²) in [7, 11) is 0. The molecule has 9 heteroatoms. The number of hydrogen-bond donors (Lipinski definition) is 5. The Hall–Kier alpha value is -1.58. The first-order valence-corrected chi connectivity index (χ1v) is 7.23. The molecule has 0 unspecified atom stereocenters. The molecule has 2 aliphatic rings. The van der Waals surface area contributed by atoms with Gasteiger partial charge in [-0.2, -0.15) is 0 Å². The van der Waals surface area contributed by atoms with E-state index in [0.717, 1.165) is 4.47 Å². The van der Waals surface area contributed by atoms with Crippen molar-refractivity contribution in [2.45, 2.75) is 30.9 Å². The Labute approximate surface area is 128 Å². The zero-order valence-corrected chi connectivity index (χ0v) is 12.8. The Morgan fingerprint density at radius 3 is 3.00 bits per heavy atom. The summed E-state index contributed by atoms with van der Waals surface area (Å²) in [5.74, 6) is -0.268. The predicted molar refractivity (Wildman–Crippen MR) is 75.3 cm³/mol. The molecule has 0 spiro atoms. The van der Waals surface area contributed by atoms with Crippen LogP contribution in [0.3, 0.4) is 0 Å². The fourth-order valence-corrected chi connectivity index (χ4v) is 2.99. The number of carbonyl (C=O) groups excluding carboxylic acids is 2. The van der Waals surface area contributed by atoms with Gasteiger partial charge in [0.15, 0.2) is 11.4 Å². The van der Waals surface area contributed by atoms with Crippen molar-refractivity contribution in [2.75, 3.05) is 6.54 Å². The first kappa shape index (κ1) is 14.4. The first-order valence-electron chi connectivity index (χ1n) is 6.44. The lowest BCUT2D eigenvalue weighted by molar-refractivity contribution is -0.120. The zero-order valence-electron chi connectivity index (χ0n) is 11.2. The van der Waals surface area contributed by atoms with Crippen LogP contribution in [-0.2, 0) is 4.74 Å². The zero-order chi connectivity index (χ0) is 15.3. The molecule has 3 amide bonds. The number of aromatic nitrogens is 1. The van der Waals surface area contributed by atoms with E-state index in [-0.39, 0.29) is 18.9 Å². The number of ether oxygens (including phenoxy) is 1. The molecule has 114 valence electrons. The molecule has 2 saturated heterocycles. The maximum Gasteiger partial charge on any atom is 0.319 e. The van der Waals surface area contributed by atoms with Crippen LogP contribution in [-0.4, -0.2) is 46.1 Å². The van der Waals surface area contributed by atoms with Crippen LogP contribution in [0.25, 0.3) is 0 Å². The van der Waals surface area contributed by atoms with E-state index in [1.165, 1.54) is 0 Å². The molecular formula is C12H15BrN4O4. The number of hydrogen-bond acceptors (Lipinski definition) is 4. The van der Waals surface area contributed by atoms with E-state index in [1.807, 2.05) is 0 Å². The molecule has 3 atom stereocenters. The third kappa shape index (κ3) is 2.41. The van der Waals surface area contributed by atoms with Crippen LogP contribution in [0, 0.1) is 0 Å². The van der Waals surface area contributed by atoms with Crippen LogP contribution in [0.1, 0.15) is 23.8 Å². The van der Waals surface area contributed by atoms with E-state index in [4.69, 9.17) is 4.74 Å². The molecule has 3 rings (SSSR count). The molecule has 1 aromatic rings. The van der Waals surface area contributed by atoms with Crippen LogP contribution in [0.5, 0.6) is 0 Å². The smallest absolute Gasteiger partial charge is 0.319 e. The highest BCUT2D eigenvalue weighted by Gasteiger charge is 2.62. The summed E-state index contributed by atoms with van der Waals surface area (Å²) >= 11 is 3.25. The second-order valence-corrected chi connectivity index (χ2v) is 6.27. The minimum Gasteiger partial charge on any atom is -0.367 e. The molecule has 1 aromatic heterocycles. The number of halogens is 1. The number of rotatable bonds is 3. The summed E-state index contributed by atoms with van der Waals surface area (Å²) in [6.45, 7) is 1.82. The lowest BCUT2D eigenvalue weighted by atomic mass is 10.0. The van der Waals surface area contributed by atoms with Gasteiger partial charge in [0.25, 0.3) is 5.91 Å². The highest BCUT2D eigenvalue weighted by atomic mass is 79.9. The lowest BCUT2D eigenvalue weighted by Gasteiger charge is -2.28. The van der Waals surface area contributed by atoms with Crippen molar-refractivity contribution in [3.63, 3.8) is 0 Å². The maximum absolute atomic E-state index is 11.9. The summed E-state index contributed by atoms with van der Waals surface area (Å²) in [5, 5.41) is 18.1. The Morgan fingerprint density at radius 1 is 1.62 bits per heavy atom. The molecule has 3 heterocycles. The quantitative estimate of drug-likeness (QED) is 0.523. The van der Waals surface area contributed by atoms with Crippen LogP contribution < -0.4 is 16.0 Å². The lowest BCUT2D eigenvalue weighted by Crippen LogP contribution is -2.54. The topological polar surface area (TPSA) is 115 Å². The molecule has 0 aliphatic carbocycles. The second-order valence-electron chi connectivity index (χ2n) is 5.36. The molecule has 0 radical (unpaired) electrons. The van der Waals surface area contributed by atoms with Gasteiger partial charge < -0.3 is 30.8 Å². The molecule has 5 N–H and O–H groups in total. The van der Waals surface area contributed by atoms with E-state index >= 15 is 0 Å². The summed E-state index contributed by atoms with van der Waals surface area (Å²) in [5.41, 5.74) is -2.22. The molecule has 21 heavy (non-hydrogen) atoms. The summed E-state index contributed by atoms with van der Waals surface area (Å²) < 4.78 is 6.44. The SMILES string of the molecule is C[C@]12NC(=O)N[C@@]1(O)C[C@H](CNC(=O)c1cc(Br)c[nH]1)O2. The molecule has 0 aromatic carbocycles. The van der Waals surface area contributed by atoms with Gasteiger partial charge in [0.1, 0.15) is 5.69 Å². The molecule has 8 nitrogen and oxygen atoms in total. The van der Waals surface area contributed by atoms with Crippen molar-refractivity contribution in [1.29, 1.82) is 0 Å². The van der Waals surface area contributed by atoms with E-state index in [2.05, 4.69) is 36.9 Å². The molecule has 2 fully saturated rings. The number of carbonyl (C=O) groups is 2. The summed E-state index contributed by atoms with van der Waals surface area (Å²) in [4.78, 5) is 26.0. The van der Waals surface area contributed by atoms with Crippen LogP contribution in [0.4, 0.5) is 4.79 Å². The maximum atomic E-state index is 11.9. The average molecular weight is 359 g/mol. The first-order chi connectivity index (χ1) is 9.81. The van der Waals surface area contributed by atoms with Crippen LogP contribution >= 0.6 is 15.9 Å². The number of nitrogens with one attached hydrogen (secondary N) is 4. The van der Waals surface area contributed by atoms with E-state index in [1.54, 1.807) is 19.2 Å². The van der Waals surface area contributed by atoms with Gasteiger partial charge in [-0.3, -0.25) is 4.79 Å². The van der Waals surface area contributed by atoms with Crippen molar-refractivity contribution < 1.29 is 19.4 Å². The number of aromatic amines is 1. The molecular weight excluding hydrogens is 344 g/mol. The minimum atomic E-state index is -1.46. The van der Waals surface area contributed by atoms with Crippen LogP contribution in [0.2, 0.25) is 0 Å². The largest absolute Gasteiger partial charge is 0.367 e. The number of aliphatic hydroxyl groups is 1. The van der Waals surface area contributed by atoms with Gasteiger partial charge in [-0.1, -0.05) is 0 Å². The van der Waals surface area contributed by atoms with Crippen molar-refractivity contribution in [1.82, 2.24) is 20.9 Å².